The summed E-state index contributed by atoms with van der Waals surface area (Å²) in [4.78, 5) is 14.9. The number of sulfonamides is 1. The Hall–Kier alpha value is -2.90. The minimum atomic E-state index is -3.73. The second-order valence-electron chi connectivity index (χ2n) is 7.29. The van der Waals surface area contributed by atoms with E-state index in [1.54, 1.807) is 4.90 Å². The molecule has 0 spiro atoms. The average Bonchev–Trinajstić information content (AvgIpc) is 3.24. The Morgan fingerprint density at radius 1 is 1.07 bits per heavy atom. The molecule has 3 aromatic rings. The predicted octanol–water partition coefficient (Wildman–Crippen LogP) is 3.32. The van der Waals surface area contributed by atoms with Crippen LogP contribution in [0, 0.1) is 0 Å². The van der Waals surface area contributed by atoms with E-state index in [-0.39, 0.29) is 22.5 Å². The first kappa shape index (κ1) is 19.4. The quantitative estimate of drug-likeness (QED) is 0.662. The molecule has 1 unspecified atom stereocenters. The van der Waals surface area contributed by atoms with Crippen LogP contribution in [0.25, 0.3) is 0 Å². The van der Waals surface area contributed by atoms with E-state index in [0.717, 1.165) is 15.4 Å². The van der Waals surface area contributed by atoms with Gasteiger partial charge in [0.15, 0.2) is 0 Å². The van der Waals surface area contributed by atoms with Crippen LogP contribution in [0.3, 0.4) is 0 Å². The van der Waals surface area contributed by atoms with Crippen LogP contribution in [0.2, 0.25) is 0 Å². The number of nitrogens with zero attached hydrogens (tertiary/aromatic N) is 2. The molecule has 0 aliphatic carbocycles. The van der Waals surface area contributed by atoms with Gasteiger partial charge in [-0.2, -0.15) is 0 Å². The van der Waals surface area contributed by atoms with Crippen LogP contribution >= 0.6 is 0 Å². The Balaban J connectivity index is 1.66. The smallest absolute Gasteiger partial charge is 0.275 e. The van der Waals surface area contributed by atoms with Gasteiger partial charge in [-0.25, -0.2) is 12.7 Å². The average molecular weight is 410 g/mol. The van der Waals surface area contributed by atoms with Gasteiger partial charge < -0.3 is 9.32 Å². The highest BCUT2D eigenvalue weighted by Gasteiger charge is 2.31. The summed E-state index contributed by atoms with van der Waals surface area (Å²) in [7, 11) is -0.883. The minimum Gasteiger partial charge on any atom is -0.451 e. The van der Waals surface area contributed by atoms with Gasteiger partial charge in [0.25, 0.3) is 15.9 Å². The van der Waals surface area contributed by atoms with Gasteiger partial charge in [-0.1, -0.05) is 54.6 Å². The lowest BCUT2D eigenvalue weighted by molar-refractivity contribution is 0.0724. The van der Waals surface area contributed by atoms with Crippen molar-refractivity contribution in [2.75, 3.05) is 20.6 Å². The fourth-order valence-electron chi connectivity index (χ4n) is 3.66. The molecule has 1 aliphatic rings. The largest absolute Gasteiger partial charge is 0.451 e. The second-order valence-corrected chi connectivity index (χ2v) is 9.37. The summed E-state index contributed by atoms with van der Waals surface area (Å²) < 4.78 is 30.8. The first-order valence-electron chi connectivity index (χ1n) is 9.31. The number of benzene rings is 2. The van der Waals surface area contributed by atoms with Crippen LogP contribution in [0.4, 0.5) is 0 Å². The fraction of sp³-hybridized carbons (Fsp3) is 0.227. The monoisotopic (exact) mass is 410 g/mol. The molecule has 1 aromatic heterocycles. The number of furan rings is 1. The van der Waals surface area contributed by atoms with Gasteiger partial charge in [0.2, 0.25) is 5.09 Å². The van der Waals surface area contributed by atoms with E-state index in [1.807, 2.05) is 36.4 Å². The maximum atomic E-state index is 13.2. The molecule has 0 fully saturated rings. The van der Waals surface area contributed by atoms with Crippen molar-refractivity contribution in [3.8, 4) is 0 Å². The topological polar surface area (TPSA) is 70.8 Å². The molecule has 4 rings (SSSR count). The summed E-state index contributed by atoms with van der Waals surface area (Å²) >= 11 is 0. The Morgan fingerprint density at radius 2 is 1.76 bits per heavy atom. The Labute approximate surface area is 170 Å². The number of carbonyl (C=O) groups excluding carboxylic acids is 1. The van der Waals surface area contributed by atoms with Crippen LogP contribution in [0.1, 0.15) is 33.0 Å². The summed E-state index contributed by atoms with van der Waals surface area (Å²) in [6.45, 7) is 0.986. The van der Waals surface area contributed by atoms with Crippen molar-refractivity contribution in [1.29, 1.82) is 0 Å². The minimum absolute atomic E-state index is 0.0574. The van der Waals surface area contributed by atoms with Crippen LogP contribution < -0.4 is 0 Å². The van der Waals surface area contributed by atoms with Crippen molar-refractivity contribution in [3.05, 3.63) is 89.2 Å². The maximum Gasteiger partial charge on any atom is 0.275 e. The van der Waals surface area contributed by atoms with Crippen molar-refractivity contribution in [3.63, 3.8) is 0 Å². The fourth-order valence-corrected chi connectivity index (χ4v) is 4.46. The van der Waals surface area contributed by atoms with E-state index in [2.05, 4.69) is 18.2 Å². The van der Waals surface area contributed by atoms with Crippen molar-refractivity contribution in [2.24, 2.45) is 0 Å². The summed E-state index contributed by atoms with van der Waals surface area (Å²) in [6.07, 6.45) is 1.22. The zero-order valence-corrected chi connectivity index (χ0v) is 17.1. The summed E-state index contributed by atoms with van der Waals surface area (Å²) in [5.74, 6) is -0.189. The molecule has 2 aromatic carbocycles. The molecule has 150 valence electrons. The standard InChI is InChI=1S/C22H22N2O4S/c1-23(2)29(26,27)21-12-18(15-28-21)22(25)24-13-17-10-6-7-11-19(17)20(14-24)16-8-4-3-5-9-16/h3-12,15,20H,13-14H2,1-2H3. The first-order chi connectivity index (χ1) is 13.9. The normalized spacial score (nSPS) is 16.7. The van der Waals surface area contributed by atoms with E-state index >= 15 is 0 Å². The highest BCUT2D eigenvalue weighted by Crippen LogP contribution is 2.34. The van der Waals surface area contributed by atoms with E-state index in [0.29, 0.717) is 13.1 Å². The van der Waals surface area contributed by atoms with Gasteiger partial charge in [-0.15, -0.1) is 0 Å². The Kier molecular flexibility index (Phi) is 5.02. The molecule has 7 heteroatoms. The zero-order chi connectivity index (χ0) is 20.6. The molecular weight excluding hydrogens is 388 g/mol. The highest BCUT2D eigenvalue weighted by molar-refractivity contribution is 7.88. The van der Waals surface area contributed by atoms with Crippen molar-refractivity contribution >= 4 is 15.9 Å². The molecular formula is C22H22N2O4S. The zero-order valence-electron chi connectivity index (χ0n) is 16.3. The van der Waals surface area contributed by atoms with E-state index in [1.165, 1.54) is 32.0 Å². The van der Waals surface area contributed by atoms with Gasteiger partial charge in [0, 0.05) is 39.2 Å². The van der Waals surface area contributed by atoms with Crippen molar-refractivity contribution in [1.82, 2.24) is 9.21 Å². The molecule has 0 N–H and O–H groups in total. The maximum absolute atomic E-state index is 13.2. The molecule has 0 radical (unpaired) electrons. The molecule has 1 amide bonds. The third kappa shape index (κ3) is 3.59. The van der Waals surface area contributed by atoms with Gasteiger partial charge in [-0.3, -0.25) is 4.79 Å². The summed E-state index contributed by atoms with van der Waals surface area (Å²) in [5.41, 5.74) is 3.67. The third-order valence-corrected chi connectivity index (χ3v) is 6.93. The molecule has 29 heavy (non-hydrogen) atoms. The highest BCUT2D eigenvalue weighted by atomic mass is 32.2. The van der Waals surface area contributed by atoms with Gasteiger partial charge in [0.05, 0.1) is 5.56 Å². The molecule has 6 nitrogen and oxygen atoms in total. The predicted molar refractivity (Wildman–Crippen MR) is 109 cm³/mol. The van der Waals surface area contributed by atoms with Gasteiger partial charge in [0.1, 0.15) is 6.26 Å². The van der Waals surface area contributed by atoms with Gasteiger partial charge in [-0.05, 0) is 16.7 Å². The lowest BCUT2D eigenvalue weighted by Gasteiger charge is -2.35. The second kappa shape index (κ2) is 7.50. The van der Waals surface area contributed by atoms with E-state index in [9.17, 15) is 13.2 Å². The van der Waals surface area contributed by atoms with Crippen LogP contribution in [0.5, 0.6) is 0 Å². The Morgan fingerprint density at radius 3 is 2.48 bits per heavy atom. The molecule has 0 saturated heterocycles. The number of rotatable bonds is 4. The van der Waals surface area contributed by atoms with Crippen LogP contribution in [-0.2, 0) is 16.6 Å². The molecule has 1 aliphatic heterocycles. The summed E-state index contributed by atoms with van der Waals surface area (Å²) in [6, 6.07) is 19.5. The van der Waals surface area contributed by atoms with Gasteiger partial charge >= 0.3 is 0 Å². The number of hydrogen-bond donors (Lipinski definition) is 0. The number of fused-ring (bicyclic) bond motifs is 1. The number of hydrogen-bond acceptors (Lipinski definition) is 4. The van der Waals surface area contributed by atoms with E-state index in [4.69, 9.17) is 4.42 Å². The Bertz CT molecular complexity index is 1140. The third-order valence-electron chi connectivity index (χ3n) is 5.24. The molecule has 2 heterocycles. The van der Waals surface area contributed by atoms with Crippen molar-refractivity contribution < 1.29 is 17.6 Å². The lowest BCUT2D eigenvalue weighted by Crippen LogP contribution is -2.38. The van der Waals surface area contributed by atoms with Crippen LogP contribution in [0.15, 0.2) is 76.4 Å². The van der Waals surface area contributed by atoms with E-state index < -0.39 is 10.0 Å². The number of carbonyl (C=O) groups is 1. The van der Waals surface area contributed by atoms with Crippen molar-refractivity contribution in [2.45, 2.75) is 17.6 Å². The molecule has 1 atom stereocenters. The number of amides is 1. The first-order valence-corrected chi connectivity index (χ1v) is 10.7. The molecule has 0 bridgehead atoms. The lowest BCUT2D eigenvalue weighted by atomic mass is 9.84. The molecule has 0 saturated carbocycles. The van der Waals surface area contributed by atoms with Crippen LogP contribution in [-0.4, -0.2) is 44.2 Å². The summed E-state index contributed by atoms with van der Waals surface area (Å²) in [5, 5.41) is -0.233. The SMILES string of the molecule is CN(C)S(=O)(=O)c1cc(C(=O)N2Cc3ccccc3C(c3ccccc3)C2)co1.